The van der Waals surface area contributed by atoms with Crippen LogP contribution < -0.4 is 0 Å². The molecule has 6 heteroatoms. The van der Waals surface area contributed by atoms with Crippen molar-refractivity contribution in [2.24, 2.45) is 11.8 Å². The maximum absolute atomic E-state index is 13.1. The molecule has 0 saturated heterocycles. The summed E-state index contributed by atoms with van der Waals surface area (Å²) in [5.41, 5.74) is 0. The molecule has 0 aromatic carbocycles. The van der Waals surface area contributed by atoms with E-state index in [1.165, 1.54) is 6.08 Å². The number of alkyl halides is 3. The molecule has 3 unspecified atom stereocenters. The number of fused-ring (bicyclic) bond motifs is 2. The first-order chi connectivity index (χ1) is 7.24. The van der Waals surface area contributed by atoms with Gasteiger partial charge in [0.15, 0.2) is 14.6 Å². The molecule has 2 aliphatic carbocycles. The van der Waals surface area contributed by atoms with Crippen molar-refractivity contribution in [3.63, 3.8) is 0 Å². The Morgan fingerprint density at radius 3 is 2.31 bits per heavy atom. The summed E-state index contributed by atoms with van der Waals surface area (Å²) < 4.78 is 60.0. The van der Waals surface area contributed by atoms with Crippen LogP contribution in [0.5, 0.6) is 0 Å². The Kier molecular flexibility index (Phi) is 2.28. The van der Waals surface area contributed by atoms with Gasteiger partial charge in [0.25, 0.3) is 0 Å². The van der Waals surface area contributed by atoms with Crippen LogP contribution in [-0.4, -0.2) is 19.3 Å². The quantitative estimate of drug-likeness (QED) is 0.707. The largest absolute Gasteiger partial charge is 0.409 e. The van der Waals surface area contributed by atoms with Crippen LogP contribution in [0.4, 0.5) is 13.2 Å². The fourth-order valence-electron chi connectivity index (χ4n) is 2.78. The summed E-state index contributed by atoms with van der Waals surface area (Å²) >= 11 is 0. The van der Waals surface area contributed by atoms with Crippen molar-refractivity contribution in [3.8, 4) is 0 Å². The van der Waals surface area contributed by atoms with Crippen LogP contribution in [0.2, 0.25) is 0 Å². The monoisotopic (exact) mass is 252 g/mol. The fraction of sp³-hybridized carbons (Fsp3) is 0.600. The number of rotatable bonds is 2. The van der Waals surface area contributed by atoms with Gasteiger partial charge in [-0.25, -0.2) is 8.42 Å². The molecule has 1 saturated carbocycles. The lowest BCUT2D eigenvalue weighted by Crippen LogP contribution is -2.53. The third-order valence-corrected chi connectivity index (χ3v) is 5.70. The van der Waals surface area contributed by atoms with Crippen LogP contribution >= 0.6 is 0 Å². The molecule has 1 fully saturated rings. The van der Waals surface area contributed by atoms with Gasteiger partial charge in [-0.2, -0.15) is 13.2 Å². The zero-order valence-corrected chi connectivity index (χ0v) is 9.18. The van der Waals surface area contributed by atoms with Gasteiger partial charge in [-0.05, 0) is 18.8 Å². The lowest BCUT2D eigenvalue weighted by Gasteiger charge is -2.35. The molecule has 0 aromatic rings. The summed E-state index contributed by atoms with van der Waals surface area (Å²) in [7, 11) is -4.36. The van der Waals surface area contributed by atoms with E-state index in [9.17, 15) is 21.6 Å². The molecule has 0 heterocycles. The molecule has 2 bridgehead atoms. The van der Waals surface area contributed by atoms with E-state index in [1.807, 2.05) is 0 Å². The first-order valence-corrected chi connectivity index (χ1v) is 6.41. The molecular weight excluding hydrogens is 241 g/mol. The van der Waals surface area contributed by atoms with Crippen molar-refractivity contribution in [1.29, 1.82) is 0 Å². The first-order valence-electron chi connectivity index (χ1n) is 4.87. The van der Waals surface area contributed by atoms with Gasteiger partial charge in [0.1, 0.15) is 0 Å². The number of halogens is 3. The zero-order chi connectivity index (χ0) is 12.2. The second-order valence-corrected chi connectivity index (χ2v) is 6.44. The van der Waals surface area contributed by atoms with Crippen LogP contribution in [0, 0.1) is 11.8 Å². The van der Waals surface area contributed by atoms with Crippen molar-refractivity contribution in [2.45, 2.75) is 23.8 Å². The third-order valence-electron chi connectivity index (χ3n) is 3.54. The molecule has 0 radical (unpaired) electrons. The van der Waals surface area contributed by atoms with Gasteiger partial charge < -0.3 is 0 Å². The van der Waals surface area contributed by atoms with E-state index in [-0.39, 0.29) is 18.8 Å². The smallest absolute Gasteiger partial charge is 0.223 e. The number of sulfone groups is 1. The summed E-state index contributed by atoms with van der Waals surface area (Å²) in [6.45, 7) is 3.01. The van der Waals surface area contributed by atoms with Gasteiger partial charge >= 0.3 is 6.18 Å². The summed E-state index contributed by atoms with van der Waals surface area (Å²) in [6.07, 6.45) is -1.79. The first kappa shape index (κ1) is 11.7. The van der Waals surface area contributed by atoms with E-state index in [1.54, 1.807) is 6.08 Å². The van der Waals surface area contributed by atoms with Crippen molar-refractivity contribution < 1.29 is 21.6 Å². The Labute approximate surface area is 91.8 Å². The summed E-state index contributed by atoms with van der Waals surface area (Å²) in [5, 5.41) is 0.440. The number of hydrogen-bond donors (Lipinski definition) is 0. The molecule has 2 rings (SSSR count). The Balaban J connectivity index is 2.61. The fourth-order valence-corrected chi connectivity index (χ4v) is 4.44. The van der Waals surface area contributed by atoms with E-state index in [0.717, 1.165) is 0 Å². The van der Waals surface area contributed by atoms with Crippen molar-refractivity contribution in [2.75, 3.05) is 0 Å². The van der Waals surface area contributed by atoms with E-state index in [2.05, 4.69) is 6.58 Å². The van der Waals surface area contributed by atoms with Crippen molar-refractivity contribution >= 4 is 9.84 Å². The minimum absolute atomic E-state index is 0.270. The van der Waals surface area contributed by atoms with Crippen molar-refractivity contribution in [1.82, 2.24) is 0 Å². The van der Waals surface area contributed by atoms with E-state index in [0.29, 0.717) is 5.41 Å². The van der Waals surface area contributed by atoms with Crippen LogP contribution in [0.1, 0.15) is 12.8 Å². The van der Waals surface area contributed by atoms with E-state index in [4.69, 9.17) is 0 Å². The number of hydrogen-bond acceptors (Lipinski definition) is 2. The van der Waals surface area contributed by atoms with Crippen molar-refractivity contribution in [3.05, 3.63) is 24.1 Å². The second kappa shape index (κ2) is 3.12. The molecule has 0 amide bonds. The Bertz CT molecular complexity index is 449. The van der Waals surface area contributed by atoms with Crippen LogP contribution in [-0.2, 0) is 9.84 Å². The molecule has 3 atom stereocenters. The summed E-state index contributed by atoms with van der Waals surface area (Å²) in [6, 6.07) is 0. The zero-order valence-electron chi connectivity index (χ0n) is 8.37. The summed E-state index contributed by atoms with van der Waals surface area (Å²) in [4.78, 5) is 0. The van der Waals surface area contributed by atoms with Gasteiger partial charge in [0.05, 0.1) is 0 Å². The van der Waals surface area contributed by atoms with Crippen LogP contribution in [0.15, 0.2) is 24.1 Å². The molecule has 2 nitrogen and oxygen atoms in total. The predicted molar refractivity (Wildman–Crippen MR) is 53.3 cm³/mol. The average molecular weight is 252 g/mol. The maximum Gasteiger partial charge on any atom is 0.409 e. The van der Waals surface area contributed by atoms with Gasteiger partial charge in [-0.3, -0.25) is 0 Å². The lowest BCUT2D eigenvalue weighted by atomic mass is 9.92. The van der Waals surface area contributed by atoms with Crippen LogP contribution in [0.3, 0.4) is 0 Å². The van der Waals surface area contributed by atoms with Gasteiger partial charge in [-0.15, -0.1) is 0 Å². The highest BCUT2D eigenvalue weighted by Crippen LogP contribution is 2.58. The summed E-state index contributed by atoms with van der Waals surface area (Å²) in [5.74, 6) is -1.23. The molecule has 2 aliphatic rings. The lowest BCUT2D eigenvalue weighted by molar-refractivity contribution is -0.167. The minimum atomic E-state index is -4.75. The van der Waals surface area contributed by atoms with E-state index < -0.39 is 26.7 Å². The molecule has 0 aromatic heterocycles. The Morgan fingerprint density at radius 2 is 2.00 bits per heavy atom. The average Bonchev–Trinajstić information content (AvgIpc) is 2.75. The standard InChI is InChI=1S/C10H11F3O2S/c1-2-16(14,15)9(10(11,12)13)6-7-3-4-8(9)5-7/h2-4,7-8H,1,5-6H2. The molecule has 90 valence electrons. The van der Waals surface area contributed by atoms with Gasteiger partial charge in [0.2, 0.25) is 0 Å². The number of allylic oxidation sites excluding steroid dienone is 2. The van der Waals surface area contributed by atoms with Gasteiger partial charge in [-0.1, -0.05) is 18.7 Å². The maximum atomic E-state index is 13.1. The normalized spacial score (nSPS) is 37.9. The minimum Gasteiger partial charge on any atom is -0.223 e. The predicted octanol–water partition coefficient (Wildman–Crippen LogP) is 2.44. The van der Waals surface area contributed by atoms with E-state index >= 15 is 0 Å². The highest BCUT2D eigenvalue weighted by molar-refractivity contribution is 7.95. The Morgan fingerprint density at radius 1 is 1.38 bits per heavy atom. The molecule has 16 heavy (non-hydrogen) atoms. The van der Waals surface area contributed by atoms with Crippen LogP contribution in [0.25, 0.3) is 0 Å². The third kappa shape index (κ3) is 1.22. The molecular formula is C10H11F3O2S. The topological polar surface area (TPSA) is 34.1 Å². The Hall–Kier alpha value is -0.780. The molecule has 0 aliphatic heterocycles. The molecule has 0 spiro atoms. The second-order valence-electron chi connectivity index (χ2n) is 4.29. The SMILES string of the molecule is C=CS(=O)(=O)C1(C(F)(F)F)CC2C=CC1C2. The highest BCUT2D eigenvalue weighted by atomic mass is 32.2. The van der Waals surface area contributed by atoms with Gasteiger partial charge in [0, 0.05) is 11.3 Å². The molecule has 0 N–H and O–H groups in total. The highest BCUT2D eigenvalue weighted by Gasteiger charge is 2.70.